The molecule has 1 aliphatic rings. The van der Waals surface area contributed by atoms with E-state index < -0.39 is 0 Å². The Bertz CT molecular complexity index is 284. The first-order valence-corrected chi connectivity index (χ1v) is 4.80. The molecule has 1 aromatic heterocycles. The maximum absolute atomic E-state index is 9.49. The van der Waals surface area contributed by atoms with Gasteiger partial charge in [0.1, 0.15) is 0 Å². The Labute approximate surface area is 77.6 Å². The van der Waals surface area contributed by atoms with Crippen LogP contribution in [0.4, 0.5) is 0 Å². The standard InChI is InChI=1S/C9H15N3O/c1-12-10-6-9(11-12)7-3-2-4-8(13)5-7/h6-8,13H,2-5H2,1H3. The van der Waals surface area contributed by atoms with Crippen LogP contribution in [0, 0.1) is 0 Å². The van der Waals surface area contributed by atoms with Crippen molar-refractivity contribution in [2.75, 3.05) is 0 Å². The van der Waals surface area contributed by atoms with Gasteiger partial charge in [0.2, 0.25) is 0 Å². The highest BCUT2D eigenvalue weighted by atomic mass is 16.3. The Morgan fingerprint density at radius 2 is 2.38 bits per heavy atom. The molecule has 1 saturated carbocycles. The van der Waals surface area contributed by atoms with Crippen molar-refractivity contribution in [1.29, 1.82) is 0 Å². The third-order valence-corrected chi connectivity index (χ3v) is 2.68. The van der Waals surface area contributed by atoms with Crippen molar-refractivity contribution in [3.05, 3.63) is 11.9 Å². The minimum Gasteiger partial charge on any atom is -0.393 e. The molecule has 1 aliphatic carbocycles. The Kier molecular flexibility index (Phi) is 2.31. The predicted octanol–water partition coefficient (Wildman–Crippen LogP) is 0.834. The molecule has 0 saturated heterocycles. The zero-order chi connectivity index (χ0) is 9.26. The molecule has 2 unspecified atom stereocenters. The number of nitrogens with zero attached hydrogens (tertiary/aromatic N) is 3. The molecule has 1 N–H and O–H groups in total. The van der Waals surface area contributed by atoms with Crippen LogP contribution in [0.5, 0.6) is 0 Å². The number of aliphatic hydroxyl groups is 1. The van der Waals surface area contributed by atoms with Gasteiger partial charge < -0.3 is 5.11 Å². The van der Waals surface area contributed by atoms with Crippen molar-refractivity contribution < 1.29 is 5.11 Å². The molecule has 4 nitrogen and oxygen atoms in total. The van der Waals surface area contributed by atoms with E-state index in [4.69, 9.17) is 0 Å². The SMILES string of the molecule is Cn1ncc(C2CCCC(O)C2)n1. The summed E-state index contributed by atoms with van der Waals surface area (Å²) in [6, 6.07) is 0. The van der Waals surface area contributed by atoms with Gasteiger partial charge in [0.05, 0.1) is 18.0 Å². The maximum atomic E-state index is 9.49. The normalized spacial score (nSPS) is 29.1. The van der Waals surface area contributed by atoms with Gasteiger partial charge in [-0.15, -0.1) is 0 Å². The van der Waals surface area contributed by atoms with Crippen LogP contribution in [-0.2, 0) is 7.05 Å². The number of rotatable bonds is 1. The van der Waals surface area contributed by atoms with E-state index in [9.17, 15) is 5.11 Å². The van der Waals surface area contributed by atoms with E-state index in [-0.39, 0.29) is 6.10 Å². The van der Waals surface area contributed by atoms with Gasteiger partial charge in [-0.2, -0.15) is 15.0 Å². The van der Waals surface area contributed by atoms with Crippen molar-refractivity contribution >= 4 is 0 Å². The van der Waals surface area contributed by atoms with Crippen LogP contribution in [-0.4, -0.2) is 26.2 Å². The number of hydrogen-bond donors (Lipinski definition) is 1. The highest BCUT2D eigenvalue weighted by Crippen LogP contribution is 2.31. The lowest BCUT2D eigenvalue weighted by atomic mass is 9.85. The van der Waals surface area contributed by atoms with Crippen LogP contribution >= 0.6 is 0 Å². The molecule has 0 amide bonds. The van der Waals surface area contributed by atoms with Crippen LogP contribution in [0.15, 0.2) is 6.20 Å². The quantitative estimate of drug-likeness (QED) is 0.698. The number of aromatic nitrogens is 3. The van der Waals surface area contributed by atoms with Gasteiger partial charge in [0.25, 0.3) is 0 Å². The van der Waals surface area contributed by atoms with Crippen molar-refractivity contribution in [2.45, 2.75) is 37.7 Å². The number of aryl methyl sites for hydroxylation is 1. The van der Waals surface area contributed by atoms with Gasteiger partial charge in [-0.05, 0) is 19.3 Å². The Balaban J connectivity index is 2.08. The van der Waals surface area contributed by atoms with Crippen LogP contribution in [0.3, 0.4) is 0 Å². The molecular weight excluding hydrogens is 166 g/mol. The zero-order valence-corrected chi connectivity index (χ0v) is 7.85. The molecule has 0 radical (unpaired) electrons. The third-order valence-electron chi connectivity index (χ3n) is 2.68. The lowest BCUT2D eigenvalue weighted by Crippen LogP contribution is -2.18. The second-order valence-corrected chi connectivity index (χ2v) is 3.78. The largest absolute Gasteiger partial charge is 0.393 e. The van der Waals surface area contributed by atoms with E-state index in [1.54, 1.807) is 4.80 Å². The van der Waals surface area contributed by atoms with Crippen molar-refractivity contribution in [3.8, 4) is 0 Å². The van der Waals surface area contributed by atoms with E-state index in [2.05, 4.69) is 10.2 Å². The molecule has 1 heterocycles. The van der Waals surface area contributed by atoms with Crippen LogP contribution in [0.1, 0.15) is 37.3 Å². The third kappa shape index (κ3) is 1.88. The molecule has 0 aromatic carbocycles. The molecule has 2 rings (SSSR count). The van der Waals surface area contributed by atoms with Gasteiger partial charge in [0.15, 0.2) is 0 Å². The fourth-order valence-corrected chi connectivity index (χ4v) is 1.98. The average Bonchev–Trinajstić information content (AvgIpc) is 2.52. The summed E-state index contributed by atoms with van der Waals surface area (Å²) in [5, 5.41) is 17.8. The Morgan fingerprint density at radius 1 is 1.54 bits per heavy atom. The summed E-state index contributed by atoms with van der Waals surface area (Å²) in [5.74, 6) is 0.414. The van der Waals surface area contributed by atoms with Gasteiger partial charge >= 0.3 is 0 Å². The molecule has 72 valence electrons. The summed E-state index contributed by atoms with van der Waals surface area (Å²) in [6.07, 6.45) is 5.69. The van der Waals surface area contributed by atoms with E-state index in [0.717, 1.165) is 31.4 Å². The van der Waals surface area contributed by atoms with E-state index >= 15 is 0 Å². The van der Waals surface area contributed by atoms with E-state index in [1.165, 1.54) is 0 Å². The summed E-state index contributed by atoms with van der Waals surface area (Å²) in [6.45, 7) is 0. The van der Waals surface area contributed by atoms with Gasteiger partial charge in [-0.3, -0.25) is 0 Å². The minimum absolute atomic E-state index is 0.138. The van der Waals surface area contributed by atoms with Crippen molar-refractivity contribution in [3.63, 3.8) is 0 Å². The first-order chi connectivity index (χ1) is 6.25. The van der Waals surface area contributed by atoms with Gasteiger partial charge in [0, 0.05) is 13.0 Å². The molecule has 0 spiro atoms. The molecule has 1 aromatic rings. The summed E-state index contributed by atoms with van der Waals surface area (Å²) in [5.41, 5.74) is 1.03. The lowest BCUT2D eigenvalue weighted by molar-refractivity contribution is 0.118. The molecule has 0 bridgehead atoms. The summed E-state index contributed by atoms with van der Waals surface area (Å²) in [7, 11) is 1.82. The maximum Gasteiger partial charge on any atom is 0.0858 e. The molecule has 1 fully saturated rings. The van der Waals surface area contributed by atoms with Gasteiger partial charge in [-0.1, -0.05) is 6.42 Å². The first-order valence-electron chi connectivity index (χ1n) is 4.80. The van der Waals surface area contributed by atoms with Gasteiger partial charge in [-0.25, -0.2) is 0 Å². The highest BCUT2D eigenvalue weighted by Gasteiger charge is 2.23. The fraction of sp³-hybridized carbons (Fsp3) is 0.778. The summed E-state index contributed by atoms with van der Waals surface area (Å²) in [4.78, 5) is 1.58. The number of hydrogen-bond acceptors (Lipinski definition) is 3. The predicted molar refractivity (Wildman–Crippen MR) is 48.2 cm³/mol. The Hall–Kier alpha value is -0.900. The molecular formula is C9H15N3O. The lowest BCUT2D eigenvalue weighted by Gasteiger charge is -2.23. The summed E-state index contributed by atoms with van der Waals surface area (Å²) < 4.78 is 0. The smallest absolute Gasteiger partial charge is 0.0858 e. The van der Waals surface area contributed by atoms with Crippen molar-refractivity contribution in [2.24, 2.45) is 7.05 Å². The van der Waals surface area contributed by atoms with Crippen molar-refractivity contribution in [1.82, 2.24) is 15.0 Å². The Morgan fingerprint density at radius 3 is 3.00 bits per heavy atom. The molecule has 13 heavy (non-hydrogen) atoms. The topological polar surface area (TPSA) is 50.9 Å². The highest BCUT2D eigenvalue weighted by molar-refractivity contribution is 5.03. The monoisotopic (exact) mass is 181 g/mol. The minimum atomic E-state index is -0.138. The average molecular weight is 181 g/mol. The van der Waals surface area contributed by atoms with Crippen LogP contribution in [0.2, 0.25) is 0 Å². The number of aliphatic hydroxyl groups excluding tert-OH is 1. The second-order valence-electron chi connectivity index (χ2n) is 3.78. The van der Waals surface area contributed by atoms with Crippen LogP contribution in [0.25, 0.3) is 0 Å². The molecule has 2 atom stereocenters. The second kappa shape index (κ2) is 3.46. The molecule has 0 aliphatic heterocycles. The van der Waals surface area contributed by atoms with E-state index in [0.29, 0.717) is 5.92 Å². The summed E-state index contributed by atoms with van der Waals surface area (Å²) >= 11 is 0. The van der Waals surface area contributed by atoms with E-state index in [1.807, 2.05) is 13.2 Å². The zero-order valence-electron chi connectivity index (χ0n) is 7.85. The molecule has 4 heteroatoms. The van der Waals surface area contributed by atoms with Crippen LogP contribution < -0.4 is 0 Å². The fourth-order valence-electron chi connectivity index (χ4n) is 1.98. The first kappa shape index (κ1) is 8.69.